The van der Waals surface area contributed by atoms with Crippen LogP contribution in [-0.4, -0.2) is 4.98 Å². The smallest absolute Gasteiger partial charge is 0.219 e. The Hall–Kier alpha value is -1.93. The molecular formula is C13H8BrFN2O. The maximum atomic E-state index is 13.4. The minimum absolute atomic E-state index is 0.125. The summed E-state index contributed by atoms with van der Waals surface area (Å²) in [7, 11) is 0. The van der Waals surface area contributed by atoms with Crippen LogP contribution in [0.2, 0.25) is 0 Å². The zero-order chi connectivity index (χ0) is 13.1. The highest BCUT2D eigenvalue weighted by atomic mass is 79.9. The van der Waals surface area contributed by atoms with E-state index in [0.717, 1.165) is 10.2 Å². The maximum Gasteiger partial charge on any atom is 0.219 e. The SMILES string of the molecule is Cc1nc(Oc2cccc(F)c2C#N)ccc1Br. The molecule has 0 bridgehead atoms. The quantitative estimate of drug-likeness (QED) is 0.843. The number of rotatable bonds is 2. The molecule has 0 atom stereocenters. The molecule has 2 rings (SSSR count). The summed E-state index contributed by atoms with van der Waals surface area (Å²) in [5.74, 6) is -0.131. The van der Waals surface area contributed by atoms with Crippen molar-refractivity contribution in [1.82, 2.24) is 4.98 Å². The molecule has 0 spiro atoms. The Balaban J connectivity index is 2.37. The van der Waals surface area contributed by atoms with Crippen LogP contribution >= 0.6 is 15.9 Å². The summed E-state index contributed by atoms with van der Waals surface area (Å²) in [5.41, 5.74) is 0.627. The molecule has 2 aromatic rings. The molecule has 0 saturated heterocycles. The molecule has 0 saturated carbocycles. The van der Waals surface area contributed by atoms with E-state index >= 15 is 0 Å². The standard InChI is InChI=1S/C13H8BrFN2O/c1-8-10(14)5-6-13(17-8)18-12-4-2-3-11(15)9(12)7-16/h2-6H,1H3. The number of ether oxygens (including phenoxy) is 1. The third-order valence-corrected chi connectivity index (χ3v) is 3.14. The highest BCUT2D eigenvalue weighted by molar-refractivity contribution is 9.10. The Bertz CT molecular complexity index is 637. The van der Waals surface area contributed by atoms with Crippen LogP contribution in [0.3, 0.4) is 0 Å². The first-order chi connectivity index (χ1) is 8.61. The van der Waals surface area contributed by atoms with Crippen molar-refractivity contribution in [1.29, 1.82) is 5.26 Å². The van der Waals surface area contributed by atoms with Crippen molar-refractivity contribution in [3.05, 3.63) is 51.9 Å². The lowest BCUT2D eigenvalue weighted by molar-refractivity contribution is 0.454. The van der Waals surface area contributed by atoms with Crippen LogP contribution in [0.25, 0.3) is 0 Å². The van der Waals surface area contributed by atoms with E-state index in [-0.39, 0.29) is 11.3 Å². The van der Waals surface area contributed by atoms with Gasteiger partial charge in [-0.2, -0.15) is 5.26 Å². The second kappa shape index (κ2) is 5.15. The van der Waals surface area contributed by atoms with Gasteiger partial charge >= 0.3 is 0 Å². The van der Waals surface area contributed by atoms with Crippen molar-refractivity contribution < 1.29 is 9.13 Å². The fraction of sp³-hybridized carbons (Fsp3) is 0.0769. The molecule has 1 aromatic heterocycles. The van der Waals surface area contributed by atoms with Crippen molar-refractivity contribution in [3.8, 4) is 17.7 Å². The summed E-state index contributed by atoms with van der Waals surface area (Å²) in [6.45, 7) is 1.81. The van der Waals surface area contributed by atoms with Crippen molar-refractivity contribution >= 4 is 15.9 Å². The molecule has 1 heterocycles. The lowest BCUT2D eigenvalue weighted by atomic mass is 10.2. The van der Waals surface area contributed by atoms with Crippen molar-refractivity contribution in [3.63, 3.8) is 0 Å². The first kappa shape index (κ1) is 12.5. The Labute approximate surface area is 112 Å². The Morgan fingerprint density at radius 3 is 2.78 bits per heavy atom. The van der Waals surface area contributed by atoms with Gasteiger partial charge in [0.25, 0.3) is 0 Å². The number of aromatic nitrogens is 1. The van der Waals surface area contributed by atoms with Gasteiger partial charge < -0.3 is 4.74 Å². The highest BCUT2D eigenvalue weighted by Gasteiger charge is 2.10. The topological polar surface area (TPSA) is 45.9 Å². The van der Waals surface area contributed by atoms with Crippen LogP contribution in [0, 0.1) is 24.1 Å². The predicted molar refractivity (Wildman–Crippen MR) is 67.9 cm³/mol. The molecule has 3 nitrogen and oxygen atoms in total. The number of hydrogen-bond acceptors (Lipinski definition) is 3. The van der Waals surface area contributed by atoms with Gasteiger partial charge in [-0.25, -0.2) is 9.37 Å². The fourth-order valence-corrected chi connectivity index (χ4v) is 1.61. The predicted octanol–water partition coefficient (Wildman–Crippen LogP) is 3.96. The van der Waals surface area contributed by atoms with Crippen LogP contribution in [0.4, 0.5) is 4.39 Å². The Morgan fingerprint density at radius 1 is 1.33 bits per heavy atom. The van der Waals surface area contributed by atoms with Crippen molar-refractivity contribution in [2.45, 2.75) is 6.92 Å². The first-order valence-electron chi connectivity index (χ1n) is 5.11. The molecule has 90 valence electrons. The molecule has 0 N–H and O–H groups in total. The minimum Gasteiger partial charge on any atom is -0.438 e. The van der Waals surface area contributed by atoms with Gasteiger partial charge in [0.1, 0.15) is 23.2 Å². The second-order valence-corrected chi connectivity index (χ2v) is 4.40. The number of nitriles is 1. The number of hydrogen-bond donors (Lipinski definition) is 0. The number of aryl methyl sites for hydroxylation is 1. The van der Waals surface area contributed by atoms with Crippen LogP contribution in [-0.2, 0) is 0 Å². The van der Waals surface area contributed by atoms with Gasteiger partial charge in [0.2, 0.25) is 5.88 Å². The van der Waals surface area contributed by atoms with Crippen molar-refractivity contribution in [2.24, 2.45) is 0 Å². The maximum absolute atomic E-state index is 13.4. The number of pyridine rings is 1. The number of benzene rings is 1. The lowest BCUT2D eigenvalue weighted by Gasteiger charge is -2.07. The van der Waals surface area contributed by atoms with Crippen LogP contribution in [0.1, 0.15) is 11.3 Å². The van der Waals surface area contributed by atoms with Crippen molar-refractivity contribution in [2.75, 3.05) is 0 Å². The number of nitrogens with zero attached hydrogens (tertiary/aromatic N) is 2. The highest BCUT2D eigenvalue weighted by Crippen LogP contribution is 2.26. The summed E-state index contributed by atoms with van der Waals surface area (Å²) in [5, 5.41) is 8.88. The second-order valence-electron chi connectivity index (χ2n) is 3.54. The number of halogens is 2. The van der Waals surface area contributed by atoms with Gasteiger partial charge in [0, 0.05) is 10.5 Å². The first-order valence-corrected chi connectivity index (χ1v) is 5.90. The van der Waals surface area contributed by atoms with E-state index in [1.54, 1.807) is 18.2 Å². The molecule has 0 unspecified atom stereocenters. The van der Waals surface area contributed by atoms with Gasteiger partial charge in [-0.05, 0) is 41.1 Å². The molecule has 1 aromatic carbocycles. The third-order valence-electron chi connectivity index (χ3n) is 2.30. The third kappa shape index (κ3) is 2.49. The largest absolute Gasteiger partial charge is 0.438 e. The van der Waals surface area contributed by atoms with Gasteiger partial charge in [0.15, 0.2) is 0 Å². The van der Waals surface area contributed by atoms with E-state index in [2.05, 4.69) is 20.9 Å². The Kier molecular flexibility index (Phi) is 3.58. The van der Waals surface area contributed by atoms with E-state index < -0.39 is 5.82 Å². The van der Waals surface area contributed by atoms with E-state index in [0.29, 0.717) is 5.88 Å². The zero-order valence-corrected chi connectivity index (χ0v) is 11.0. The van der Waals surface area contributed by atoms with E-state index in [1.165, 1.54) is 18.2 Å². The molecule has 0 aliphatic heterocycles. The normalized spacial score (nSPS) is 9.89. The average molecular weight is 307 g/mol. The van der Waals surface area contributed by atoms with Gasteiger partial charge in [-0.15, -0.1) is 0 Å². The van der Waals surface area contributed by atoms with Gasteiger partial charge in [-0.3, -0.25) is 0 Å². The van der Waals surface area contributed by atoms with Crippen LogP contribution in [0.5, 0.6) is 11.6 Å². The molecule has 0 radical (unpaired) electrons. The van der Waals surface area contributed by atoms with Crippen LogP contribution in [0.15, 0.2) is 34.8 Å². The summed E-state index contributed by atoms with van der Waals surface area (Å²) < 4.78 is 19.6. The van der Waals surface area contributed by atoms with Crippen LogP contribution < -0.4 is 4.74 Å². The lowest BCUT2D eigenvalue weighted by Crippen LogP contribution is -1.94. The summed E-state index contributed by atoms with van der Waals surface area (Å²) in [6.07, 6.45) is 0. The summed E-state index contributed by atoms with van der Waals surface area (Å²) >= 11 is 3.32. The minimum atomic E-state index is -0.608. The summed E-state index contributed by atoms with van der Waals surface area (Å²) in [6, 6.07) is 9.42. The van der Waals surface area contributed by atoms with E-state index in [1.807, 2.05) is 6.92 Å². The fourth-order valence-electron chi connectivity index (χ4n) is 1.39. The monoisotopic (exact) mass is 306 g/mol. The Morgan fingerprint density at radius 2 is 2.11 bits per heavy atom. The molecule has 5 heteroatoms. The molecule has 0 amide bonds. The van der Waals surface area contributed by atoms with Gasteiger partial charge in [-0.1, -0.05) is 6.07 Å². The molecule has 0 aliphatic carbocycles. The molecule has 0 fully saturated rings. The van der Waals surface area contributed by atoms with E-state index in [4.69, 9.17) is 10.00 Å². The van der Waals surface area contributed by atoms with Gasteiger partial charge in [0.05, 0.1) is 5.69 Å². The molecular weight excluding hydrogens is 299 g/mol. The van der Waals surface area contributed by atoms with E-state index in [9.17, 15) is 4.39 Å². The molecule has 0 aliphatic rings. The molecule has 18 heavy (non-hydrogen) atoms. The zero-order valence-electron chi connectivity index (χ0n) is 9.45. The average Bonchev–Trinajstić information content (AvgIpc) is 2.34. The summed E-state index contributed by atoms with van der Waals surface area (Å²) in [4.78, 5) is 4.17.